The molecule has 5 heteroatoms. The number of ketones is 1. The zero-order valence-electron chi connectivity index (χ0n) is 14.6. The fourth-order valence-electron chi connectivity index (χ4n) is 3.31. The molecule has 2 heterocycles. The summed E-state index contributed by atoms with van der Waals surface area (Å²) in [4.78, 5) is 22.8. The normalized spacial score (nSPS) is 10.9. The summed E-state index contributed by atoms with van der Waals surface area (Å²) in [5.41, 5.74) is 4.97. The number of hydrogen-bond donors (Lipinski definition) is 0. The summed E-state index contributed by atoms with van der Waals surface area (Å²) in [5, 5.41) is 11.2. The molecule has 132 valence electrons. The third kappa shape index (κ3) is 3.00. The lowest BCUT2D eigenvalue weighted by molar-refractivity contribution is -0.384. The monoisotopic (exact) mass is 356 g/mol. The van der Waals surface area contributed by atoms with Crippen molar-refractivity contribution in [3.63, 3.8) is 0 Å². The highest BCUT2D eigenvalue weighted by Crippen LogP contribution is 2.33. The van der Waals surface area contributed by atoms with Crippen molar-refractivity contribution >= 4 is 17.0 Å². The van der Waals surface area contributed by atoms with Crippen LogP contribution in [0.2, 0.25) is 0 Å². The van der Waals surface area contributed by atoms with E-state index >= 15 is 0 Å². The van der Waals surface area contributed by atoms with Crippen LogP contribution in [0, 0.1) is 10.1 Å². The number of Topliss-reactive ketones (excluding diaryl/α,β-unsaturated/α-hetero) is 1. The lowest BCUT2D eigenvalue weighted by Gasteiger charge is -2.11. The number of aromatic nitrogens is 1. The van der Waals surface area contributed by atoms with Crippen molar-refractivity contribution in [3.05, 3.63) is 94.8 Å². The second-order valence-corrected chi connectivity index (χ2v) is 6.35. The first-order chi connectivity index (χ1) is 13.0. The first-order valence-electron chi connectivity index (χ1n) is 8.51. The van der Waals surface area contributed by atoms with Gasteiger partial charge in [-0.25, -0.2) is 0 Å². The van der Waals surface area contributed by atoms with Gasteiger partial charge in [-0.3, -0.25) is 14.9 Å². The van der Waals surface area contributed by atoms with Crippen LogP contribution in [-0.2, 0) is 0 Å². The average molecular weight is 356 g/mol. The van der Waals surface area contributed by atoms with Crippen molar-refractivity contribution in [2.24, 2.45) is 0 Å². The van der Waals surface area contributed by atoms with E-state index in [2.05, 4.69) is 0 Å². The average Bonchev–Trinajstić information content (AvgIpc) is 3.12. The van der Waals surface area contributed by atoms with Gasteiger partial charge in [0.25, 0.3) is 5.69 Å². The molecule has 0 atom stereocenters. The minimum Gasteiger partial charge on any atom is -0.313 e. The molecule has 0 amide bonds. The zero-order chi connectivity index (χ0) is 19.0. The van der Waals surface area contributed by atoms with Gasteiger partial charge in [0.1, 0.15) is 0 Å². The number of rotatable bonds is 4. The first kappa shape index (κ1) is 16.7. The van der Waals surface area contributed by atoms with Crippen molar-refractivity contribution in [2.75, 3.05) is 0 Å². The van der Waals surface area contributed by atoms with Gasteiger partial charge in [0.2, 0.25) is 0 Å². The number of nitrogens with zero attached hydrogens (tertiary/aromatic N) is 2. The molecule has 5 nitrogen and oxygen atoms in total. The number of pyridine rings is 1. The fraction of sp³-hybridized carbons (Fsp3) is 0.0455. The molecule has 2 aromatic carbocycles. The third-order valence-corrected chi connectivity index (χ3v) is 4.60. The fourth-order valence-corrected chi connectivity index (χ4v) is 3.31. The van der Waals surface area contributed by atoms with Crippen LogP contribution < -0.4 is 0 Å². The maximum atomic E-state index is 12.0. The van der Waals surface area contributed by atoms with Crippen LogP contribution in [0.5, 0.6) is 0 Å². The predicted octanol–water partition coefficient (Wildman–Crippen LogP) is 5.38. The van der Waals surface area contributed by atoms with Crippen molar-refractivity contribution in [1.82, 2.24) is 4.40 Å². The molecule has 0 aliphatic heterocycles. The standard InChI is InChI=1S/C22H16N2O3/c1-15(25)21-10-11-22-20(17-8-5-9-19(12-17)24(26)27)13-18(14-23(21)22)16-6-3-2-4-7-16/h2-14H,1H3. The van der Waals surface area contributed by atoms with Crippen LogP contribution in [0.3, 0.4) is 0 Å². The minimum atomic E-state index is -0.402. The summed E-state index contributed by atoms with van der Waals surface area (Å²) in [6.45, 7) is 1.53. The van der Waals surface area contributed by atoms with Gasteiger partial charge in [-0.15, -0.1) is 0 Å². The zero-order valence-corrected chi connectivity index (χ0v) is 14.6. The van der Waals surface area contributed by atoms with Crippen molar-refractivity contribution in [3.8, 4) is 22.3 Å². The quantitative estimate of drug-likeness (QED) is 0.280. The highest BCUT2D eigenvalue weighted by molar-refractivity contribution is 5.96. The summed E-state index contributed by atoms with van der Waals surface area (Å²) in [6.07, 6.45) is 1.93. The van der Waals surface area contributed by atoms with E-state index in [1.165, 1.54) is 13.0 Å². The van der Waals surface area contributed by atoms with E-state index < -0.39 is 4.92 Å². The van der Waals surface area contributed by atoms with E-state index in [9.17, 15) is 14.9 Å². The Morgan fingerprint density at radius 2 is 1.63 bits per heavy atom. The molecular formula is C22H16N2O3. The number of benzene rings is 2. The van der Waals surface area contributed by atoms with Gasteiger partial charge >= 0.3 is 0 Å². The number of carbonyl (C=O) groups excluding carboxylic acids is 1. The maximum Gasteiger partial charge on any atom is 0.270 e. The Bertz CT molecular complexity index is 1180. The molecule has 4 aromatic rings. The lowest BCUT2D eigenvalue weighted by atomic mass is 10.00. The Morgan fingerprint density at radius 3 is 2.33 bits per heavy atom. The molecule has 27 heavy (non-hydrogen) atoms. The van der Waals surface area contributed by atoms with Crippen molar-refractivity contribution in [2.45, 2.75) is 6.92 Å². The van der Waals surface area contributed by atoms with E-state index in [0.29, 0.717) is 5.69 Å². The number of non-ortho nitro benzene ring substituents is 1. The molecule has 0 N–H and O–H groups in total. The number of nitro groups is 1. The van der Waals surface area contributed by atoms with Gasteiger partial charge < -0.3 is 4.40 Å². The molecule has 2 aromatic heterocycles. The molecule has 0 bridgehead atoms. The van der Waals surface area contributed by atoms with Crippen LogP contribution in [0.4, 0.5) is 5.69 Å². The summed E-state index contributed by atoms with van der Waals surface area (Å²) >= 11 is 0. The predicted molar refractivity (Wildman–Crippen MR) is 105 cm³/mol. The third-order valence-electron chi connectivity index (χ3n) is 4.60. The second kappa shape index (κ2) is 6.53. The van der Waals surface area contributed by atoms with Crippen molar-refractivity contribution < 1.29 is 9.72 Å². The first-order valence-corrected chi connectivity index (χ1v) is 8.51. The van der Waals surface area contributed by atoms with Gasteiger partial charge in [-0.2, -0.15) is 0 Å². The maximum absolute atomic E-state index is 12.0. The number of nitro benzene ring substituents is 1. The number of hydrogen-bond acceptors (Lipinski definition) is 3. The van der Waals surface area contributed by atoms with Gasteiger partial charge in [0, 0.05) is 30.8 Å². The molecule has 0 fully saturated rings. The van der Waals surface area contributed by atoms with Crippen LogP contribution in [0.25, 0.3) is 27.8 Å². The van der Waals surface area contributed by atoms with Crippen LogP contribution in [0.1, 0.15) is 17.4 Å². The summed E-state index contributed by atoms with van der Waals surface area (Å²) in [6, 6.07) is 22.1. The van der Waals surface area contributed by atoms with E-state index in [0.717, 1.165) is 27.8 Å². The Labute approximate surface area is 155 Å². The Kier molecular flexibility index (Phi) is 4.05. The lowest BCUT2D eigenvalue weighted by Crippen LogP contribution is -2.00. The Balaban J connectivity index is 2.03. The summed E-state index contributed by atoms with van der Waals surface area (Å²) < 4.78 is 1.86. The molecule has 0 saturated carbocycles. The molecule has 4 rings (SSSR count). The van der Waals surface area contributed by atoms with Crippen LogP contribution >= 0.6 is 0 Å². The largest absolute Gasteiger partial charge is 0.313 e. The molecule has 0 unspecified atom stereocenters. The molecule has 0 radical (unpaired) electrons. The summed E-state index contributed by atoms with van der Waals surface area (Å²) in [7, 11) is 0. The van der Waals surface area contributed by atoms with E-state index in [1.807, 2.05) is 59.1 Å². The Morgan fingerprint density at radius 1 is 0.889 bits per heavy atom. The summed E-state index contributed by atoms with van der Waals surface area (Å²) in [5.74, 6) is -0.0368. The van der Waals surface area contributed by atoms with Gasteiger partial charge in [0.05, 0.1) is 16.1 Å². The number of fused-ring (bicyclic) bond motifs is 1. The minimum absolute atomic E-state index is 0.0362. The topological polar surface area (TPSA) is 64.6 Å². The molecule has 0 aliphatic rings. The molecular weight excluding hydrogens is 340 g/mol. The van der Waals surface area contributed by atoms with Gasteiger partial charge in [-0.1, -0.05) is 42.5 Å². The Hall–Kier alpha value is -3.73. The van der Waals surface area contributed by atoms with Crippen LogP contribution in [-0.4, -0.2) is 15.1 Å². The molecule has 0 aliphatic carbocycles. The van der Waals surface area contributed by atoms with Crippen LogP contribution in [0.15, 0.2) is 79.0 Å². The second-order valence-electron chi connectivity index (χ2n) is 6.35. The molecule has 0 saturated heterocycles. The number of carbonyl (C=O) groups is 1. The van der Waals surface area contributed by atoms with E-state index in [1.54, 1.807) is 18.2 Å². The van der Waals surface area contributed by atoms with Gasteiger partial charge in [-0.05, 0) is 34.9 Å². The molecule has 0 spiro atoms. The van der Waals surface area contributed by atoms with Crippen molar-refractivity contribution in [1.29, 1.82) is 0 Å². The SMILES string of the molecule is CC(=O)c1ccc2c(-c3cccc([N+](=O)[O-])c3)cc(-c3ccccc3)cn12. The highest BCUT2D eigenvalue weighted by atomic mass is 16.6. The smallest absolute Gasteiger partial charge is 0.270 e. The van der Waals surface area contributed by atoms with E-state index in [4.69, 9.17) is 0 Å². The van der Waals surface area contributed by atoms with E-state index in [-0.39, 0.29) is 11.5 Å². The highest BCUT2D eigenvalue weighted by Gasteiger charge is 2.15. The van der Waals surface area contributed by atoms with Gasteiger partial charge in [0.15, 0.2) is 5.78 Å².